The van der Waals surface area contributed by atoms with Crippen molar-refractivity contribution in [3.63, 3.8) is 0 Å². The Morgan fingerprint density at radius 2 is 2.25 bits per heavy atom. The highest BCUT2D eigenvalue weighted by Gasteiger charge is 2.18. The maximum Gasteiger partial charge on any atom is 0.132 e. The third-order valence-corrected chi connectivity index (χ3v) is 2.91. The van der Waals surface area contributed by atoms with Crippen LogP contribution in [0, 0.1) is 0 Å². The number of aromatic nitrogens is 2. The molecule has 1 aromatic carbocycles. The van der Waals surface area contributed by atoms with Crippen LogP contribution in [0.3, 0.4) is 0 Å². The largest absolute Gasteiger partial charge is 0.492 e. The van der Waals surface area contributed by atoms with Crippen molar-refractivity contribution in [2.45, 2.75) is 6.42 Å². The first kappa shape index (κ1) is 9.60. The van der Waals surface area contributed by atoms with Crippen molar-refractivity contribution in [3.8, 4) is 17.0 Å². The van der Waals surface area contributed by atoms with Gasteiger partial charge in [0.25, 0.3) is 0 Å². The lowest BCUT2D eigenvalue weighted by Crippen LogP contribution is -1.91. The highest BCUT2D eigenvalue weighted by atomic mass is 35.5. The van der Waals surface area contributed by atoms with Crippen LogP contribution in [-0.4, -0.2) is 16.6 Å². The SMILES string of the molecule is Clc1cncnc1-c1cccc2c1OCC2. The van der Waals surface area contributed by atoms with Gasteiger partial charge in [-0.3, -0.25) is 0 Å². The number of nitrogens with zero attached hydrogens (tertiary/aromatic N) is 2. The van der Waals surface area contributed by atoms with Crippen LogP contribution in [0.2, 0.25) is 5.02 Å². The van der Waals surface area contributed by atoms with E-state index in [9.17, 15) is 0 Å². The van der Waals surface area contributed by atoms with Crippen molar-refractivity contribution in [1.82, 2.24) is 9.97 Å². The Hall–Kier alpha value is -1.61. The van der Waals surface area contributed by atoms with E-state index >= 15 is 0 Å². The zero-order valence-electron chi connectivity index (χ0n) is 8.48. The first-order valence-electron chi connectivity index (χ1n) is 5.07. The number of halogens is 1. The molecular weight excluding hydrogens is 224 g/mol. The predicted molar refractivity (Wildman–Crippen MR) is 61.7 cm³/mol. The Bertz CT molecular complexity index is 542. The summed E-state index contributed by atoms with van der Waals surface area (Å²) in [7, 11) is 0. The van der Waals surface area contributed by atoms with E-state index in [-0.39, 0.29) is 0 Å². The third-order valence-electron chi connectivity index (χ3n) is 2.64. The first-order valence-corrected chi connectivity index (χ1v) is 5.44. The molecule has 2 aromatic rings. The van der Waals surface area contributed by atoms with E-state index < -0.39 is 0 Å². The number of para-hydroxylation sites is 1. The summed E-state index contributed by atoms with van der Waals surface area (Å²) in [6.45, 7) is 0.731. The van der Waals surface area contributed by atoms with E-state index in [1.54, 1.807) is 6.20 Å². The zero-order chi connectivity index (χ0) is 11.0. The van der Waals surface area contributed by atoms with Crippen LogP contribution >= 0.6 is 11.6 Å². The summed E-state index contributed by atoms with van der Waals surface area (Å²) in [5.41, 5.74) is 2.89. The second kappa shape index (κ2) is 3.76. The van der Waals surface area contributed by atoms with Gasteiger partial charge in [-0.15, -0.1) is 0 Å². The van der Waals surface area contributed by atoms with Crippen molar-refractivity contribution < 1.29 is 4.74 Å². The van der Waals surface area contributed by atoms with Gasteiger partial charge < -0.3 is 4.74 Å². The minimum absolute atomic E-state index is 0.548. The zero-order valence-corrected chi connectivity index (χ0v) is 9.24. The number of hydrogen-bond acceptors (Lipinski definition) is 3. The predicted octanol–water partition coefficient (Wildman–Crippen LogP) is 2.73. The molecule has 0 N–H and O–H groups in total. The lowest BCUT2D eigenvalue weighted by atomic mass is 10.1. The Morgan fingerprint density at radius 1 is 1.31 bits per heavy atom. The van der Waals surface area contributed by atoms with Crippen LogP contribution in [0.1, 0.15) is 5.56 Å². The maximum absolute atomic E-state index is 6.08. The van der Waals surface area contributed by atoms with E-state index in [2.05, 4.69) is 16.0 Å². The molecule has 0 radical (unpaired) electrons. The summed E-state index contributed by atoms with van der Waals surface area (Å²) in [6.07, 6.45) is 4.04. The molecule has 0 amide bonds. The molecule has 0 unspecified atom stereocenters. The fraction of sp³-hybridized carbons (Fsp3) is 0.167. The van der Waals surface area contributed by atoms with E-state index in [1.807, 2.05) is 12.1 Å². The molecule has 3 rings (SSSR count). The molecule has 16 heavy (non-hydrogen) atoms. The standard InChI is InChI=1S/C12H9ClN2O/c13-10-6-14-7-15-11(10)9-3-1-2-8-4-5-16-12(8)9/h1-3,6-7H,4-5H2. The Balaban J connectivity index is 2.21. The molecule has 1 aliphatic heterocycles. The molecule has 1 aromatic heterocycles. The Morgan fingerprint density at radius 3 is 3.12 bits per heavy atom. The van der Waals surface area contributed by atoms with Crippen molar-refractivity contribution in [3.05, 3.63) is 41.3 Å². The average molecular weight is 233 g/mol. The monoisotopic (exact) mass is 232 g/mol. The van der Waals surface area contributed by atoms with Crippen LogP contribution in [0.15, 0.2) is 30.7 Å². The van der Waals surface area contributed by atoms with Crippen LogP contribution < -0.4 is 4.74 Å². The lowest BCUT2D eigenvalue weighted by molar-refractivity contribution is 0.358. The fourth-order valence-corrected chi connectivity index (χ4v) is 2.12. The number of fused-ring (bicyclic) bond motifs is 1. The maximum atomic E-state index is 6.08. The minimum Gasteiger partial charge on any atom is -0.492 e. The van der Waals surface area contributed by atoms with Gasteiger partial charge in [-0.2, -0.15) is 0 Å². The molecule has 2 heterocycles. The van der Waals surface area contributed by atoms with Gasteiger partial charge in [-0.25, -0.2) is 9.97 Å². The van der Waals surface area contributed by atoms with Gasteiger partial charge in [0.1, 0.15) is 12.1 Å². The molecule has 0 atom stereocenters. The fourth-order valence-electron chi connectivity index (χ4n) is 1.91. The second-order valence-electron chi connectivity index (χ2n) is 3.61. The van der Waals surface area contributed by atoms with Gasteiger partial charge >= 0.3 is 0 Å². The second-order valence-corrected chi connectivity index (χ2v) is 4.02. The Kier molecular flexibility index (Phi) is 2.26. The van der Waals surface area contributed by atoms with Crippen molar-refractivity contribution in [2.24, 2.45) is 0 Å². The van der Waals surface area contributed by atoms with Crippen molar-refractivity contribution >= 4 is 11.6 Å². The molecule has 0 saturated heterocycles. The highest BCUT2D eigenvalue weighted by Crippen LogP contribution is 2.37. The smallest absolute Gasteiger partial charge is 0.132 e. The number of benzene rings is 1. The highest BCUT2D eigenvalue weighted by molar-refractivity contribution is 6.32. The molecule has 80 valence electrons. The molecule has 0 fully saturated rings. The number of hydrogen-bond donors (Lipinski definition) is 0. The summed E-state index contributed by atoms with van der Waals surface area (Å²) >= 11 is 6.08. The van der Waals surface area contributed by atoms with Gasteiger partial charge in [0.05, 0.1) is 17.3 Å². The summed E-state index contributed by atoms with van der Waals surface area (Å²) in [5.74, 6) is 0.906. The van der Waals surface area contributed by atoms with Crippen molar-refractivity contribution in [2.75, 3.05) is 6.61 Å². The van der Waals surface area contributed by atoms with Crippen LogP contribution in [0.5, 0.6) is 5.75 Å². The topological polar surface area (TPSA) is 35.0 Å². The van der Waals surface area contributed by atoms with Crippen LogP contribution in [-0.2, 0) is 6.42 Å². The van der Waals surface area contributed by atoms with E-state index in [1.165, 1.54) is 11.9 Å². The minimum atomic E-state index is 0.548. The summed E-state index contributed by atoms with van der Waals surface area (Å²) in [5, 5.41) is 0.548. The average Bonchev–Trinajstić information content (AvgIpc) is 2.77. The summed E-state index contributed by atoms with van der Waals surface area (Å²) in [4.78, 5) is 8.08. The van der Waals surface area contributed by atoms with E-state index in [0.29, 0.717) is 5.02 Å². The molecule has 0 bridgehead atoms. The van der Waals surface area contributed by atoms with Gasteiger partial charge in [0, 0.05) is 18.2 Å². The van der Waals surface area contributed by atoms with Crippen molar-refractivity contribution in [1.29, 1.82) is 0 Å². The van der Waals surface area contributed by atoms with E-state index in [0.717, 1.165) is 30.0 Å². The third kappa shape index (κ3) is 1.44. The van der Waals surface area contributed by atoms with Gasteiger partial charge in [0.2, 0.25) is 0 Å². The molecule has 3 nitrogen and oxygen atoms in total. The molecule has 0 saturated carbocycles. The van der Waals surface area contributed by atoms with Gasteiger partial charge in [-0.05, 0) is 11.6 Å². The quantitative estimate of drug-likeness (QED) is 0.758. The molecular formula is C12H9ClN2O. The molecule has 1 aliphatic rings. The van der Waals surface area contributed by atoms with Crippen LogP contribution in [0.25, 0.3) is 11.3 Å². The lowest BCUT2D eigenvalue weighted by Gasteiger charge is -2.07. The number of rotatable bonds is 1. The summed E-state index contributed by atoms with van der Waals surface area (Å²) in [6, 6.07) is 6.04. The molecule has 4 heteroatoms. The number of ether oxygens (including phenoxy) is 1. The summed E-state index contributed by atoms with van der Waals surface area (Å²) < 4.78 is 5.62. The van der Waals surface area contributed by atoms with Gasteiger partial charge in [0.15, 0.2) is 0 Å². The Labute approximate surface area is 98.1 Å². The molecule has 0 aliphatic carbocycles. The van der Waals surface area contributed by atoms with E-state index in [4.69, 9.17) is 16.3 Å². The normalized spacial score (nSPS) is 13.3. The first-order chi connectivity index (χ1) is 7.86. The molecule has 0 spiro atoms. The van der Waals surface area contributed by atoms with Crippen LogP contribution in [0.4, 0.5) is 0 Å². The van der Waals surface area contributed by atoms with Gasteiger partial charge in [-0.1, -0.05) is 23.7 Å².